The molecule has 0 aromatic heterocycles. The minimum atomic E-state index is -1.41. The van der Waals surface area contributed by atoms with E-state index in [0.717, 1.165) is 13.1 Å². The van der Waals surface area contributed by atoms with Crippen LogP contribution < -0.4 is 26.0 Å². The lowest BCUT2D eigenvalue weighted by atomic mass is 10.1. The van der Waals surface area contributed by atoms with Gasteiger partial charge in [-0.3, -0.25) is 9.79 Å². The van der Waals surface area contributed by atoms with Gasteiger partial charge in [-0.15, -0.1) is 6.58 Å². The van der Waals surface area contributed by atoms with Crippen molar-refractivity contribution in [3.8, 4) is 11.5 Å². The van der Waals surface area contributed by atoms with Gasteiger partial charge in [0.15, 0.2) is 5.96 Å². The third kappa shape index (κ3) is 8.05. The summed E-state index contributed by atoms with van der Waals surface area (Å²) >= 11 is 0. The Morgan fingerprint density at radius 3 is 2.78 bits per heavy atom. The second-order valence-electron chi connectivity index (χ2n) is 6.57. The van der Waals surface area contributed by atoms with Crippen LogP contribution in [0.1, 0.15) is 16.8 Å². The highest BCUT2D eigenvalue weighted by Crippen LogP contribution is 2.23. The molecule has 0 radical (unpaired) electrons. The fraction of sp³-hybridized carbons (Fsp3) is 0.400. The monoisotopic (exact) mass is 449 g/mol. The van der Waals surface area contributed by atoms with Gasteiger partial charge < -0.3 is 41.0 Å². The molecule has 0 spiro atoms. The summed E-state index contributed by atoms with van der Waals surface area (Å²) in [6.45, 7) is 5.44. The second kappa shape index (κ2) is 12.7. The number of carbonyl (C=O) groups excluding carboxylic acids is 2. The topological polar surface area (TPSA) is 171 Å². The second-order valence-corrected chi connectivity index (χ2v) is 6.57. The molecule has 0 unspecified atom stereocenters. The van der Waals surface area contributed by atoms with Crippen molar-refractivity contribution in [2.24, 2.45) is 4.99 Å². The van der Waals surface area contributed by atoms with Gasteiger partial charge in [0.05, 0.1) is 25.3 Å². The SMILES string of the molecule is C=CCCOC(=O)N[C@@H](CNC(=O)c1ccc(OCCNC2=NCCN2)cc1O)C(=O)O. The maximum Gasteiger partial charge on any atom is 0.407 e. The molecule has 0 saturated heterocycles. The molecule has 2 rings (SSSR count). The zero-order valence-corrected chi connectivity index (χ0v) is 17.4. The lowest BCUT2D eigenvalue weighted by molar-refractivity contribution is -0.139. The number of nitrogens with one attached hydrogen (secondary N) is 4. The molecule has 1 heterocycles. The van der Waals surface area contributed by atoms with Gasteiger partial charge in [-0.2, -0.15) is 0 Å². The minimum Gasteiger partial charge on any atom is -0.507 e. The van der Waals surface area contributed by atoms with Crippen LogP contribution in [0.15, 0.2) is 35.8 Å². The highest BCUT2D eigenvalue weighted by atomic mass is 16.5. The van der Waals surface area contributed by atoms with Crippen LogP contribution in [0.2, 0.25) is 0 Å². The number of carboxylic acid groups (broad SMARTS) is 1. The number of aliphatic imine (C=N–C) groups is 1. The normalized spacial score (nSPS) is 13.2. The molecule has 1 aromatic rings. The molecule has 2 amide bonds. The van der Waals surface area contributed by atoms with Crippen molar-refractivity contribution in [3.63, 3.8) is 0 Å². The summed E-state index contributed by atoms with van der Waals surface area (Å²) in [5, 5.41) is 30.0. The minimum absolute atomic E-state index is 0.0536. The quantitative estimate of drug-likeness (QED) is 0.187. The van der Waals surface area contributed by atoms with Gasteiger partial charge in [0.2, 0.25) is 0 Å². The van der Waals surface area contributed by atoms with Crippen molar-refractivity contribution in [2.45, 2.75) is 12.5 Å². The lowest BCUT2D eigenvalue weighted by Crippen LogP contribution is -2.48. The van der Waals surface area contributed by atoms with Gasteiger partial charge in [-0.05, 0) is 18.6 Å². The number of alkyl carbamates (subject to hydrolysis) is 1. The summed E-state index contributed by atoms with van der Waals surface area (Å²) in [5.41, 5.74) is -0.0716. The maximum absolute atomic E-state index is 12.3. The first-order chi connectivity index (χ1) is 15.4. The molecule has 0 saturated carbocycles. The van der Waals surface area contributed by atoms with E-state index in [1.54, 1.807) is 6.08 Å². The van der Waals surface area contributed by atoms with Crippen molar-refractivity contribution in [3.05, 3.63) is 36.4 Å². The number of benzene rings is 1. The molecule has 12 heteroatoms. The molecule has 1 atom stereocenters. The molecule has 12 nitrogen and oxygen atoms in total. The molecule has 174 valence electrons. The molecule has 32 heavy (non-hydrogen) atoms. The van der Waals surface area contributed by atoms with Crippen molar-refractivity contribution in [1.29, 1.82) is 0 Å². The number of nitrogens with zero attached hydrogens (tertiary/aromatic N) is 1. The molecule has 1 aromatic carbocycles. The van der Waals surface area contributed by atoms with Crippen LogP contribution in [0.3, 0.4) is 0 Å². The van der Waals surface area contributed by atoms with Crippen LogP contribution in [0, 0.1) is 0 Å². The van der Waals surface area contributed by atoms with Gasteiger partial charge in [0, 0.05) is 19.2 Å². The van der Waals surface area contributed by atoms with Gasteiger partial charge in [-0.1, -0.05) is 6.08 Å². The van der Waals surface area contributed by atoms with Gasteiger partial charge in [-0.25, -0.2) is 9.59 Å². The summed E-state index contributed by atoms with van der Waals surface area (Å²) in [7, 11) is 0. The van der Waals surface area contributed by atoms with E-state index in [1.165, 1.54) is 18.2 Å². The smallest absolute Gasteiger partial charge is 0.407 e. The predicted octanol–water partition coefficient (Wildman–Crippen LogP) is -0.195. The van der Waals surface area contributed by atoms with E-state index < -0.39 is 30.6 Å². The Morgan fingerprint density at radius 1 is 1.31 bits per heavy atom. The number of guanidine groups is 1. The first-order valence-electron chi connectivity index (χ1n) is 9.94. The number of carboxylic acids is 1. The molecule has 0 aliphatic carbocycles. The van der Waals surface area contributed by atoms with Crippen molar-refractivity contribution < 1.29 is 34.1 Å². The first kappa shape index (κ1) is 24.3. The van der Waals surface area contributed by atoms with Crippen LogP contribution in [-0.2, 0) is 9.53 Å². The summed E-state index contributed by atoms with van der Waals surface area (Å²) < 4.78 is 10.3. The zero-order valence-electron chi connectivity index (χ0n) is 17.4. The van der Waals surface area contributed by atoms with Gasteiger partial charge in [0.1, 0.15) is 24.1 Å². The third-order valence-electron chi connectivity index (χ3n) is 4.16. The number of phenolic OH excluding ortho intramolecular Hbond substituents is 1. The van der Waals surface area contributed by atoms with E-state index in [4.69, 9.17) is 9.47 Å². The number of hydrogen-bond acceptors (Lipinski definition) is 9. The van der Waals surface area contributed by atoms with Crippen molar-refractivity contribution in [1.82, 2.24) is 21.3 Å². The van der Waals surface area contributed by atoms with Crippen LogP contribution in [0.25, 0.3) is 0 Å². The van der Waals surface area contributed by atoms with E-state index >= 15 is 0 Å². The van der Waals surface area contributed by atoms with Crippen LogP contribution in [-0.4, -0.2) is 79.6 Å². The molecular formula is C20H27N5O7. The Hall–Kier alpha value is -3.96. The number of phenols is 1. The van der Waals surface area contributed by atoms with E-state index in [-0.39, 0.29) is 17.9 Å². The molecule has 1 aliphatic rings. The first-order valence-corrected chi connectivity index (χ1v) is 9.94. The van der Waals surface area contributed by atoms with Crippen molar-refractivity contribution in [2.75, 3.05) is 39.4 Å². The third-order valence-corrected chi connectivity index (χ3v) is 4.16. The Balaban J connectivity index is 1.81. The van der Waals surface area contributed by atoms with Crippen LogP contribution >= 0.6 is 0 Å². The van der Waals surface area contributed by atoms with E-state index in [0.29, 0.717) is 31.3 Å². The van der Waals surface area contributed by atoms with E-state index in [1.807, 2.05) is 0 Å². The zero-order chi connectivity index (χ0) is 23.3. The Morgan fingerprint density at radius 2 is 2.12 bits per heavy atom. The van der Waals surface area contributed by atoms with E-state index in [2.05, 4.69) is 32.8 Å². The average molecular weight is 449 g/mol. The highest BCUT2D eigenvalue weighted by Gasteiger charge is 2.22. The fourth-order valence-corrected chi connectivity index (χ4v) is 2.56. The summed E-state index contributed by atoms with van der Waals surface area (Å²) in [4.78, 5) is 39.4. The maximum atomic E-state index is 12.3. The molecule has 0 bridgehead atoms. The Labute approximate surface area is 184 Å². The molecular weight excluding hydrogens is 422 g/mol. The summed E-state index contributed by atoms with van der Waals surface area (Å²) in [6, 6.07) is 2.72. The van der Waals surface area contributed by atoms with Crippen LogP contribution in [0.4, 0.5) is 4.79 Å². The number of carbonyl (C=O) groups is 3. The lowest BCUT2D eigenvalue weighted by Gasteiger charge is -2.16. The standard InChI is InChI=1S/C20H27N5O7/c1-2-3-9-32-20(30)25-15(18(28)29)12-24-17(27)14-5-4-13(11-16(14)26)31-10-8-23-19-21-6-7-22-19/h2,4-5,11,15,26H,1,3,6-10,12H2,(H,24,27)(H,25,30)(H,28,29)(H2,21,22,23)/t15-/m0/s1. The van der Waals surface area contributed by atoms with Gasteiger partial charge in [0.25, 0.3) is 5.91 Å². The highest BCUT2D eigenvalue weighted by molar-refractivity contribution is 5.97. The predicted molar refractivity (Wildman–Crippen MR) is 115 cm³/mol. The molecule has 6 N–H and O–H groups in total. The summed E-state index contributed by atoms with van der Waals surface area (Å²) in [6.07, 6.45) is 1.04. The number of aliphatic carboxylic acids is 1. The number of aromatic hydroxyl groups is 1. The Kier molecular flexibility index (Phi) is 9.63. The van der Waals surface area contributed by atoms with Crippen molar-refractivity contribution >= 4 is 23.9 Å². The van der Waals surface area contributed by atoms with Crippen LogP contribution in [0.5, 0.6) is 11.5 Å². The number of rotatable bonds is 12. The molecule has 1 aliphatic heterocycles. The molecule has 0 fully saturated rings. The number of ether oxygens (including phenoxy) is 2. The average Bonchev–Trinajstić information content (AvgIpc) is 3.27. The summed E-state index contributed by atoms with van der Waals surface area (Å²) in [5.74, 6) is -1.34. The number of amides is 2. The fourth-order valence-electron chi connectivity index (χ4n) is 2.56. The van der Waals surface area contributed by atoms with Gasteiger partial charge >= 0.3 is 12.1 Å². The number of hydrogen-bond donors (Lipinski definition) is 6. The Bertz CT molecular complexity index is 859. The largest absolute Gasteiger partial charge is 0.507 e. The van der Waals surface area contributed by atoms with E-state index in [9.17, 15) is 24.6 Å².